The van der Waals surface area contributed by atoms with E-state index in [0.717, 1.165) is 50.4 Å². The van der Waals surface area contributed by atoms with Crippen LogP contribution in [0.25, 0.3) is 10.9 Å². The van der Waals surface area contributed by atoms with Gasteiger partial charge in [0.25, 0.3) is 5.56 Å². The number of carbonyl (C=O) groups is 1. The second kappa shape index (κ2) is 9.31. The first kappa shape index (κ1) is 21.6. The Labute approximate surface area is 193 Å². The molecule has 0 atom stereocenters. The smallest absolute Gasteiger partial charge is 0.261 e. The van der Waals surface area contributed by atoms with Crippen molar-refractivity contribution in [3.8, 4) is 0 Å². The minimum absolute atomic E-state index is 0.00465. The molecule has 1 N–H and O–H groups in total. The van der Waals surface area contributed by atoms with Crippen molar-refractivity contribution in [2.45, 2.75) is 38.3 Å². The van der Waals surface area contributed by atoms with Crippen molar-refractivity contribution >= 4 is 22.6 Å². The molecule has 3 heterocycles. The summed E-state index contributed by atoms with van der Waals surface area (Å²) in [6.07, 6.45) is 4.57. The maximum atomic E-state index is 13.0. The van der Waals surface area contributed by atoms with Gasteiger partial charge in [-0.25, -0.2) is 9.97 Å². The highest BCUT2D eigenvalue weighted by Gasteiger charge is 2.28. The zero-order chi connectivity index (χ0) is 22.8. The summed E-state index contributed by atoms with van der Waals surface area (Å²) in [7, 11) is 2.14. The van der Waals surface area contributed by atoms with Crippen LogP contribution in [0, 0.1) is 0 Å². The molecule has 2 aromatic heterocycles. The fourth-order valence-corrected chi connectivity index (χ4v) is 4.34. The van der Waals surface area contributed by atoms with E-state index in [1.807, 2.05) is 42.6 Å². The van der Waals surface area contributed by atoms with Gasteiger partial charge in [-0.1, -0.05) is 18.2 Å². The number of likely N-dealkylation sites (N-methyl/N-ethyl adjacent to an activating group) is 1. The molecule has 2 aliphatic rings. The molecular formula is C25H30N6O2. The molecule has 0 bridgehead atoms. The molecular weight excluding hydrogens is 416 g/mol. The highest BCUT2D eigenvalue weighted by Crippen LogP contribution is 2.34. The lowest BCUT2D eigenvalue weighted by atomic mass is 10.2. The van der Waals surface area contributed by atoms with Gasteiger partial charge in [0.05, 0.1) is 10.9 Å². The number of nitrogens with zero attached hydrogens (tertiary/aromatic N) is 5. The number of pyridine rings is 1. The number of para-hydroxylation sites is 1. The van der Waals surface area contributed by atoms with E-state index >= 15 is 0 Å². The molecule has 1 amide bonds. The van der Waals surface area contributed by atoms with Gasteiger partial charge in [0.1, 0.15) is 11.6 Å². The number of carbonyl (C=O) groups excluding carboxylic acids is 1. The number of aryl methyl sites for hydroxylation is 1. The van der Waals surface area contributed by atoms with Gasteiger partial charge in [-0.15, -0.1) is 0 Å². The minimum Gasteiger partial charge on any atom is -0.354 e. The summed E-state index contributed by atoms with van der Waals surface area (Å²) < 4.78 is 1.80. The molecule has 8 nitrogen and oxygen atoms in total. The Bertz CT molecular complexity index is 1190. The van der Waals surface area contributed by atoms with Crippen LogP contribution in [0.2, 0.25) is 0 Å². The standard InChI is InChI=1S/C25H30N6O2/c1-29-12-14-30(15-13-29)22-9-6-18(16-26-22)17-27-24(32)11-10-23-28-21-5-3-2-4-20(21)25(33)31(23)19-7-8-19/h2-6,9,16,19H,7-8,10-15,17H2,1H3,(H,27,32). The Morgan fingerprint density at radius 2 is 1.88 bits per heavy atom. The van der Waals surface area contributed by atoms with Gasteiger partial charge in [0.2, 0.25) is 5.91 Å². The number of fused-ring (bicyclic) bond motifs is 1. The number of nitrogens with one attached hydrogen (secondary N) is 1. The summed E-state index contributed by atoms with van der Waals surface area (Å²) in [5, 5.41) is 3.62. The van der Waals surface area contributed by atoms with Crippen molar-refractivity contribution in [1.29, 1.82) is 0 Å². The van der Waals surface area contributed by atoms with Crippen LogP contribution in [0.1, 0.15) is 36.7 Å². The number of piperazine rings is 1. The Kier molecular flexibility index (Phi) is 6.09. The quantitative estimate of drug-likeness (QED) is 0.599. The van der Waals surface area contributed by atoms with E-state index in [2.05, 4.69) is 27.1 Å². The molecule has 2 fully saturated rings. The predicted molar refractivity (Wildman–Crippen MR) is 128 cm³/mol. The second-order valence-corrected chi connectivity index (χ2v) is 9.04. The van der Waals surface area contributed by atoms with E-state index in [0.29, 0.717) is 36.1 Å². The number of benzene rings is 1. The summed E-state index contributed by atoms with van der Waals surface area (Å²) in [5.41, 5.74) is 1.67. The SMILES string of the molecule is CN1CCN(c2ccc(CNC(=O)CCc3nc4ccccc4c(=O)n3C3CC3)cn2)CC1. The van der Waals surface area contributed by atoms with Gasteiger partial charge in [0, 0.05) is 57.8 Å². The molecule has 0 unspecified atom stereocenters. The Morgan fingerprint density at radius 3 is 2.61 bits per heavy atom. The third-order valence-electron chi connectivity index (χ3n) is 6.49. The van der Waals surface area contributed by atoms with Crippen molar-refractivity contribution in [1.82, 2.24) is 24.8 Å². The summed E-state index contributed by atoms with van der Waals surface area (Å²) in [5.74, 6) is 1.64. The number of hydrogen-bond acceptors (Lipinski definition) is 6. The third-order valence-corrected chi connectivity index (χ3v) is 6.49. The number of amides is 1. The topological polar surface area (TPSA) is 83.4 Å². The van der Waals surface area contributed by atoms with Crippen molar-refractivity contribution < 1.29 is 4.79 Å². The van der Waals surface area contributed by atoms with Crippen LogP contribution in [-0.2, 0) is 17.8 Å². The molecule has 1 saturated carbocycles. The first-order chi connectivity index (χ1) is 16.1. The van der Waals surface area contributed by atoms with E-state index in [-0.39, 0.29) is 17.5 Å². The number of rotatable bonds is 7. The number of aromatic nitrogens is 3. The molecule has 0 radical (unpaired) electrons. The zero-order valence-electron chi connectivity index (χ0n) is 19.0. The molecule has 5 rings (SSSR count). The van der Waals surface area contributed by atoms with Crippen molar-refractivity contribution in [2.24, 2.45) is 0 Å². The highest BCUT2D eigenvalue weighted by atomic mass is 16.1. The molecule has 8 heteroatoms. The van der Waals surface area contributed by atoms with E-state index in [4.69, 9.17) is 4.98 Å². The van der Waals surface area contributed by atoms with E-state index in [1.165, 1.54) is 0 Å². The fourth-order valence-electron chi connectivity index (χ4n) is 4.34. The molecule has 1 aliphatic heterocycles. The van der Waals surface area contributed by atoms with Crippen LogP contribution in [0.3, 0.4) is 0 Å². The molecule has 172 valence electrons. The van der Waals surface area contributed by atoms with Crippen LogP contribution in [0.15, 0.2) is 47.4 Å². The predicted octanol–water partition coefficient (Wildman–Crippen LogP) is 2.13. The third kappa shape index (κ3) is 4.90. The van der Waals surface area contributed by atoms with Crippen LogP contribution >= 0.6 is 0 Å². The van der Waals surface area contributed by atoms with Crippen LogP contribution in [-0.4, -0.2) is 58.6 Å². The Hall–Kier alpha value is -3.26. The normalized spacial score (nSPS) is 16.8. The average molecular weight is 447 g/mol. The van der Waals surface area contributed by atoms with Gasteiger partial charge in [-0.3, -0.25) is 14.2 Å². The molecule has 3 aromatic rings. The average Bonchev–Trinajstić information content (AvgIpc) is 3.67. The van der Waals surface area contributed by atoms with Crippen molar-refractivity contribution in [3.05, 3.63) is 64.3 Å². The maximum Gasteiger partial charge on any atom is 0.261 e. The first-order valence-corrected chi connectivity index (χ1v) is 11.7. The Morgan fingerprint density at radius 1 is 1.09 bits per heavy atom. The van der Waals surface area contributed by atoms with Crippen LogP contribution < -0.4 is 15.8 Å². The monoisotopic (exact) mass is 446 g/mol. The van der Waals surface area contributed by atoms with Crippen LogP contribution in [0.4, 0.5) is 5.82 Å². The number of hydrogen-bond donors (Lipinski definition) is 1. The first-order valence-electron chi connectivity index (χ1n) is 11.7. The van der Waals surface area contributed by atoms with E-state index < -0.39 is 0 Å². The summed E-state index contributed by atoms with van der Waals surface area (Å²) >= 11 is 0. The van der Waals surface area contributed by atoms with Gasteiger partial charge in [-0.2, -0.15) is 0 Å². The molecule has 1 aromatic carbocycles. The largest absolute Gasteiger partial charge is 0.354 e. The molecule has 33 heavy (non-hydrogen) atoms. The van der Waals surface area contributed by atoms with E-state index in [1.54, 1.807) is 4.57 Å². The molecule has 1 aliphatic carbocycles. The molecule has 1 saturated heterocycles. The fraction of sp³-hybridized carbons (Fsp3) is 0.440. The van der Waals surface area contributed by atoms with Crippen LogP contribution in [0.5, 0.6) is 0 Å². The van der Waals surface area contributed by atoms with Crippen molar-refractivity contribution in [2.75, 3.05) is 38.1 Å². The molecule has 0 spiro atoms. The lowest BCUT2D eigenvalue weighted by Gasteiger charge is -2.33. The van der Waals surface area contributed by atoms with Gasteiger partial charge in [0.15, 0.2) is 0 Å². The van der Waals surface area contributed by atoms with Gasteiger partial charge < -0.3 is 15.1 Å². The Balaban J connectivity index is 1.18. The van der Waals surface area contributed by atoms with Gasteiger partial charge >= 0.3 is 0 Å². The highest BCUT2D eigenvalue weighted by molar-refractivity contribution is 5.78. The summed E-state index contributed by atoms with van der Waals surface area (Å²) in [4.78, 5) is 39.4. The maximum absolute atomic E-state index is 13.0. The second-order valence-electron chi connectivity index (χ2n) is 9.04. The minimum atomic E-state index is -0.0529. The van der Waals surface area contributed by atoms with E-state index in [9.17, 15) is 9.59 Å². The van der Waals surface area contributed by atoms with Crippen molar-refractivity contribution in [3.63, 3.8) is 0 Å². The zero-order valence-corrected chi connectivity index (χ0v) is 19.0. The number of anilines is 1. The van der Waals surface area contributed by atoms with Gasteiger partial charge in [-0.05, 0) is 43.7 Å². The lowest BCUT2D eigenvalue weighted by Crippen LogP contribution is -2.44. The summed E-state index contributed by atoms with van der Waals surface area (Å²) in [6.45, 7) is 4.48. The lowest BCUT2D eigenvalue weighted by molar-refractivity contribution is -0.121. The summed E-state index contributed by atoms with van der Waals surface area (Å²) in [6, 6.07) is 11.7.